The van der Waals surface area contributed by atoms with Crippen LogP contribution in [0, 0.1) is 6.92 Å². The Morgan fingerprint density at radius 1 is 0.880 bits per heavy atom. The molecule has 0 saturated carbocycles. The third-order valence-electron chi connectivity index (χ3n) is 4.31. The Hall–Kier alpha value is -3.41. The van der Waals surface area contributed by atoms with Gasteiger partial charge in [0.1, 0.15) is 0 Å². The molecule has 2 N–H and O–H groups in total. The smallest absolute Gasteiger partial charge is 0.273 e. The number of hydrogen-bond donors (Lipinski definition) is 2. The van der Waals surface area contributed by atoms with Crippen molar-refractivity contribution >= 4 is 21.5 Å². The average Bonchev–Trinajstić information content (AvgIpc) is 2.59. The number of hydrogen-bond acceptors (Lipinski definition) is 3. The van der Waals surface area contributed by atoms with Gasteiger partial charge in [0.15, 0.2) is 0 Å². The molecule has 4 aromatic rings. The van der Waals surface area contributed by atoms with Crippen molar-refractivity contribution in [3.05, 3.63) is 90.8 Å². The number of H-pyrrole nitrogens is 2. The number of fused-ring (bicyclic) bond motifs is 2. The van der Waals surface area contributed by atoms with E-state index >= 15 is 0 Å². The highest BCUT2D eigenvalue weighted by Gasteiger charge is 2.08. The van der Waals surface area contributed by atoms with Crippen molar-refractivity contribution in [2.75, 3.05) is 0 Å². The van der Waals surface area contributed by atoms with E-state index in [2.05, 4.69) is 10.1 Å². The minimum Gasteiger partial charge on any atom is -0.329 e. The Kier molecular flexibility index (Phi) is 3.39. The Morgan fingerprint density at radius 3 is 2.52 bits per heavy atom. The van der Waals surface area contributed by atoms with Crippen molar-refractivity contribution in [3.63, 3.8) is 0 Å². The molecule has 0 radical (unpaired) electrons. The molecule has 6 nitrogen and oxygen atoms in total. The van der Waals surface area contributed by atoms with Crippen LogP contribution in [0.2, 0.25) is 0 Å². The summed E-state index contributed by atoms with van der Waals surface area (Å²) < 4.78 is 1.30. The summed E-state index contributed by atoms with van der Waals surface area (Å²) in [6.07, 6.45) is 1.58. The molecule has 2 aromatic carbocycles. The van der Waals surface area contributed by atoms with Gasteiger partial charge < -0.3 is 4.98 Å². The summed E-state index contributed by atoms with van der Waals surface area (Å²) in [4.78, 5) is 39.3. The second-order valence-electron chi connectivity index (χ2n) is 6.11. The van der Waals surface area contributed by atoms with Crippen molar-refractivity contribution in [1.82, 2.24) is 14.8 Å². The Balaban J connectivity index is 1.86. The molecule has 0 bridgehead atoms. The molecule has 0 amide bonds. The van der Waals surface area contributed by atoms with E-state index in [1.807, 2.05) is 19.1 Å². The van der Waals surface area contributed by atoms with E-state index in [9.17, 15) is 14.4 Å². The van der Waals surface area contributed by atoms with E-state index in [1.54, 1.807) is 36.5 Å². The van der Waals surface area contributed by atoms with Crippen molar-refractivity contribution in [2.24, 2.45) is 0 Å². The lowest BCUT2D eigenvalue weighted by Gasteiger charge is -2.08. The van der Waals surface area contributed by atoms with Crippen LogP contribution in [0.5, 0.6) is 0 Å². The molecule has 0 unspecified atom stereocenters. The van der Waals surface area contributed by atoms with Crippen molar-refractivity contribution in [1.29, 1.82) is 0 Å². The fourth-order valence-electron chi connectivity index (χ4n) is 3.05. The lowest BCUT2D eigenvalue weighted by atomic mass is 10.1. The molecule has 0 spiro atoms. The van der Waals surface area contributed by atoms with E-state index in [1.165, 1.54) is 4.68 Å². The third-order valence-corrected chi connectivity index (χ3v) is 4.31. The fraction of sp³-hybridized carbons (Fsp3) is 0.105. The second kappa shape index (κ2) is 5.59. The molecule has 0 aliphatic rings. The van der Waals surface area contributed by atoms with Crippen LogP contribution in [0.25, 0.3) is 21.5 Å². The first-order valence-electron chi connectivity index (χ1n) is 7.87. The molecule has 2 heterocycles. The van der Waals surface area contributed by atoms with Gasteiger partial charge >= 0.3 is 0 Å². The summed E-state index contributed by atoms with van der Waals surface area (Å²) in [7, 11) is 0. The number of benzene rings is 2. The van der Waals surface area contributed by atoms with E-state index < -0.39 is 0 Å². The predicted octanol–water partition coefficient (Wildman–Crippen LogP) is 1.89. The first-order valence-corrected chi connectivity index (χ1v) is 7.87. The molecule has 0 aliphatic heterocycles. The van der Waals surface area contributed by atoms with Gasteiger partial charge in [0.25, 0.3) is 16.7 Å². The molecule has 0 atom stereocenters. The molecule has 124 valence electrons. The van der Waals surface area contributed by atoms with Gasteiger partial charge in [-0.3, -0.25) is 19.5 Å². The average molecular weight is 333 g/mol. The third kappa shape index (κ3) is 2.57. The maximum Gasteiger partial charge on any atom is 0.273 e. The van der Waals surface area contributed by atoms with Gasteiger partial charge in [0.2, 0.25) is 0 Å². The Morgan fingerprint density at radius 2 is 1.68 bits per heavy atom. The monoisotopic (exact) mass is 333 g/mol. The molecule has 0 saturated heterocycles. The predicted molar refractivity (Wildman–Crippen MR) is 97.2 cm³/mol. The highest BCUT2D eigenvalue weighted by atomic mass is 16.2. The van der Waals surface area contributed by atoms with Gasteiger partial charge in [0.05, 0.1) is 17.3 Å². The first kappa shape index (κ1) is 15.1. The SMILES string of the molecule is Cc1ccc2c(=O)[nH]n(Cc3ccc4c(=O)[nH]ccc4c3)c(=O)c2c1. The van der Waals surface area contributed by atoms with Gasteiger partial charge in [-0.05, 0) is 48.2 Å². The Bertz CT molecular complexity index is 1300. The highest BCUT2D eigenvalue weighted by Crippen LogP contribution is 2.13. The van der Waals surface area contributed by atoms with Crippen LogP contribution in [-0.2, 0) is 6.54 Å². The number of aromatic amines is 2. The quantitative estimate of drug-likeness (QED) is 0.587. The summed E-state index contributed by atoms with van der Waals surface area (Å²) >= 11 is 0. The lowest BCUT2D eigenvalue weighted by Crippen LogP contribution is -2.30. The highest BCUT2D eigenvalue weighted by molar-refractivity contribution is 5.82. The van der Waals surface area contributed by atoms with Crippen LogP contribution >= 0.6 is 0 Å². The van der Waals surface area contributed by atoms with Crippen molar-refractivity contribution in [3.8, 4) is 0 Å². The zero-order valence-electron chi connectivity index (χ0n) is 13.5. The molecule has 0 aliphatic carbocycles. The lowest BCUT2D eigenvalue weighted by molar-refractivity contribution is 0.637. The molecular formula is C19H15N3O3. The van der Waals surface area contributed by atoms with Crippen LogP contribution in [0.4, 0.5) is 0 Å². The maximum atomic E-state index is 12.7. The molecule has 0 fully saturated rings. The van der Waals surface area contributed by atoms with Gasteiger partial charge in [-0.25, -0.2) is 4.68 Å². The standard InChI is InChI=1S/C19H15N3O3/c1-11-2-4-15-16(8-11)19(25)22(21-18(15)24)10-12-3-5-14-13(9-12)6-7-20-17(14)23/h2-9H,10H2,1H3,(H,20,23)(H,21,24). The number of pyridine rings is 1. The summed E-state index contributed by atoms with van der Waals surface area (Å²) in [6, 6.07) is 12.3. The number of aryl methyl sites for hydroxylation is 1. The zero-order chi connectivity index (χ0) is 17.6. The number of aromatic nitrogens is 3. The van der Waals surface area contributed by atoms with Crippen LogP contribution in [0.3, 0.4) is 0 Å². The van der Waals surface area contributed by atoms with Crippen molar-refractivity contribution in [2.45, 2.75) is 13.5 Å². The maximum absolute atomic E-state index is 12.7. The largest absolute Gasteiger partial charge is 0.329 e. The summed E-state index contributed by atoms with van der Waals surface area (Å²) in [6.45, 7) is 2.10. The number of rotatable bonds is 2. The van der Waals surface area contributed by atoms with E-state index in [4.69, 9.17) is 0 Å². The minimum atomic E-state index is -0.299. The topological polar surface area (TPSA) is 87.7 Å². The summed E-state index contributed by atoms with van der Waals surface area (Å²) in [5, 5.41) is 4.79. The van der Waals surface area contributed by atoms with Crippen LogP contribution in [0.15, 0.2) is 63.0 Å². The number of nitrogens with one attached hydrogen (secondary N) is 2. The molecule has 25 heavy (non-hydrogen) atoms. The van der Waals surface area contributed by atoms with Crippen molar-refractivity contribution < 1.29 is 0 Å². The molecule has 4 rings (SSSR count). The minimum absolute atomic E-state index is 0.157. The fourth-order valence-corrected chi connectivity index (χ4v) is 3.05. The van der Waals surface area contributed by atoms with Gasteiger partial charge in [-0.15, -0.1) is 0 Å². The van der Waals surface area contributed by atoms with Crippen LogP contribution in [0.1, 0.15) is 11.1 Å². The van der Waals surface area contributed by atoms with Gasteiger partial charge in [-0.1, -0.05) is 17.7 Å². The van der Waals surface area contributed by atoms with Gasteiger partial charge in [-0.2, -0.15) is 0 Å². The van der Waals surface area contributed by atoms with Gasteiger partial charge in [0, 0.05) is 11.6 Å². The van der Waals surface area contributed by atoms with E-state index in [0.717, 1.165) is 16.5 Å². The zero-order valence-corrected chi connectivity index (χ0v) is 13.5. The molecule has 2 aromatic heterocycles. The van der Waals surface area contributed by atoms with Crippen LogP contribution in [-0.4, -0.2) is 14.8 Å². The number of nitrogens with zero attached hydrogens (tertiary/aromatic N) is 1. The Labute approximate surface area is 141 Å². The van der Waals surface area contributed by atoms with E-state index in [0.29, 0.717) is 16.2 Å². The molecule has 6 heteroatoms. The van der Waals surface area contributed by atoms with Crippen LogP contribution < -0.4 is 16.7 Å². The van der Waals surface area contributed by atoms with E-state index in [-0.39, 0.29) is 23.2 Å². The summed E-state index contributed by atoms with van der Waals surface area (Å²) in [5.74, 6) is 0. The summed E-state index contributed by atoms with van der Waals surface area (Å²) in [5.41, 5.74) is 1.04. The molecular weight excluding hydrogens is 318 g/mol. The second-order valence-corrected chi connectivity index (χ2v) is 6.11. The first-order chi connectivity index (χ1) is 12.0. The normalized spacial score (nSPS) is 11.2.